The van der Waals surface area contributed by atoms with Crippen LogP contribution in [0.25, 0.3) is 0 Å². The largest absolute Gasteiger partial charge is 0.326 e. The van der Waals surface area contributed by atoms with Crippen molar-refractivity contribution < 1.29 is 9.59 Å². The van der Waals surface area contributed by atoms with Gasteiger partial charge in [-0.15, -0.1) is 12.4 Å². The Morgan fingerprint density at radius 1 is 1.00 bits per heavy atom. The molecule has 0 saturated heterocycles. The lowest BCUT2D eigenvalue weighted by atomic mass is 10.1. The van der Waals surface area contributed by atoms with Crippen molar-refractivity contribution in [2.75, 3.05) is 24.2 Å². The van der Waals surface area contributed by atoms with Crippen molar-refractivity contribution >= 4 is 35.6 Å². The first-order chi connectivity index (χ1) is 10.0. The molecule has 1 aromatic rings. The van der Waals surface area contributed by atoms with Crippen LogP contribution in [0.3, 0.4) is 0 Å². The fourth-order valence-corrected chi connectivity index (χ4v) is 1.87. The number of carbonyl (C=O) groups excluding carboxylic acids is 2. The highest BCUT2D eigenvalue weighted by atomic mass is 35.5. The molecule has 0 radical (unpaired) electrons. The third-order valence-electron chi connectivity index (χ3n) is 2.88. The molecule has 1 rings (SSSR count). The fourth-order valence-electron chi connectivity index (χ4n) is 1.87. The van der Waals surface area contributed by atoms with Crippen LogP contribution in [-0.2, 0) is 9.59 Å². The Hall–Kier alpha value is -1.59. The molecule has 124 valence electrons. The second-order valence-corrected chi connectivity index (χ2v) is 5.48. The van der Waals surface area contributed by atoms with Crippen LogP contribution in [0.1, 0.15) is 33.1 Å². The number of amides is 2. The summed E-state index contributed by atoms with van der Waals surface area (Å²) in [5.41, 5.74) is 1.49. The van der Waals surface area contributed by atoms with E-state index in [9.17, 15) is 9.59 Å². The lowest BCUT2D eigenvalue weighted by Gasteiger charge is -2.09. The first-order valence-electron chi connectivity index (χ1n) is 7.35. The standard InChI is InChI=1S/C16H25N3O2.ClH/c1-12(2)11-16(21)19-14-8-6-13(7-9-14)18-15(20)5-4-10-17-3;/h6-9,12,17H,4-5,10-11H2,1-3H3,(H,18,20)(H,19,21);1H. The van der Waals surface area contributed by atoms with Gasteiger partial charge < -0.3 is 16.0 Å². The molecule has 0 aliphatic rings. The van der Waals surface area contributed by atoms with Crippen LogP contribution < -0.4 is 16.0 Å². The SMILES string of the molecule is CNCCCC(=O)Nc1ccc(NC(=O)CC(C)C)cc1.Cl. The molecule has 0 aliphatic heterocycles. The van der Waals surface area contributed by atoms with Gasteiger partial charge in [0.25, 0.3) is 0 Å². The summed E-state index contributed by atoms with van der Waals surface area (Å²) in [6.07, 6.45) is 1.81. The molecule has 1 aromatic carbocycles. The second kappa shape index (κ2) is 11.0. The van der Waals surface area contributed by atoms with Crippen LogP contribution in [0.2, 0.25) is 0 Å². The molecule has 5 nitrogen and oxygen atoms in total. The average molecular weight is 328 g/mol. The predicted octanol–water partition coefficient (Wildman–Crippen LogP) is 3.03. The lowest BCUT2D eigenvalue weighted by molar-refractivity contribution is -0.117. The smallest absolute Gasteiger partial charge is 0.224 e. The van der Waals surface area contributed by atoms with Gasteiger partial charge >= 0.3 is 0 Å². The average Bonchev–Trinajstić information content (AvgIpc) is 2.40. The Balaban J connectivity index is 0.00000441. The molecule has 0 aromatic heterocycles. The zero-order valence-electron chi connectivity index (χ0n) is 13.4. The van der Waals surface area contributed by atoms with Gasteiger partial charge in [-0.05, 0) is 50.2 Å². The number of hydrogen-bond donors (Lipinski definition) is 3. The van der Waals surface area contributed by atoms with Crippen LogP contribution in [-0.4, -0.2) is 25.4 Å². The van der Waals surface area contributed by atoms with E-state index in [1.165, 1.54) is 0 Å². The highest BCUT2D eigenvalue weighted by molar-refractivity contribution is 5.93. The predicted molar refractivity (Wildman–Crippen MR) is 93.6 cm³/mol. The minimum Gasteiger partial charge on any atom is -0.326 e. The Bertz CT molecular complexity index is 461. The topological polar surface area (TPSA) is 70.2 Å². The molecular formula is C16H26ClN3O2. The number of carbonyl (C=O) groups is 2. The molecule has 0 saturated carbocycles. The van der Waals surface area contributed by atoms with Gasteiger partial charge in [0.05, 0.1) is 0 Å². The van der Waals surface area contributed by atoms with Gasteiger partial charge in [-0.2, -0.15) is 0 Å². The number of benzene rings is 1. The molecule has 0 fully saturated rings. The van der Waals surface area contributed by atoms with Crippen molar-refractivity contribution in [3.63, 3.8) is 0 Å². The van der Waals surface area contributed by atoms with E-state index in [4.69, 9.17) is 0 Å². The van der Waals surface area contributed by atoms with E-state index in [0.29, 0.717) is 18.8 Å². The molecule has 6 heteroatoms. The van der Waals surface area contributed by atoms with Gasteiger partial charge in [-0.25, -0.2) is 0 Å². The van der Waals surface area contributed by atoms with E-state index in [0.717, 1.165) is 24.3 Å². The van der Waals surface area contributed by atoms with Gasteiger partial charge in [0.1, 0.15) is 0 Å². The van der Waals surface area contributed by atoms with Crippen LogP contribution in [0.4, 0.5) is 11.4 Å². The van der Waals surface area contributed by atoms with E-state index in [1.54, 1.807) is 24.3 Å². The molecule has 0 unspecified atom stereocenters. The highest BCUT2D eigenvalue weighted by Gasteiger charge is 2.06. The van der Waals surface area contributed by atoms with Gasteiger partial charge in [-0.3, -0.25) is 9.59 Å². The quantitative estimate of drug-likeness (QED) is 0.643. The first-order valence-corrected chi connectivity index (χ1v) is 7.35. The van der Waals surface area contributed by atoms with Crippen LogP contribution in [0, 0.1) is 5.92 Å². The summed E-state index contributed by atoms with van der Waals surface area (Å²) in [4.78, 5) is 23.3. The minimum absolute atomic E-state index is 0. The van der Waals surface area contributed by atoms with Gasteiger partial charge in [0.15, 0.2) is 0 Å². The van der Waals surface area contributed by atoms with Gasteiger partial charge in [0, 0.05) is 24.2 Å². The van der Waals surface area contributed by atoms with E-state index < -0.39 is 0 Å². The summed E-state index contributed by atoms with van der Waals surface area (Å²) in [6, 6.07) is 7.17. The number of hydrogen-bond acceptors (Lipinski definition) is 3. The molecule has 2 amide bonds. The Labute approximate surface area is 138 Å². The maximum Gasteiger partial charge on any atom is 0.224 e. The van der Waals surface area contributed by atoms with Crippen LogP contribution in [0.15, 0.2) is 24.3 Å². The van der Waals surface area contributed by atoms with Crippen molar-refractivity contribution in [1.82, 2.24) is 5.32 Å². The molecule has 0 bridgehead atoms. The summed E-state index contributed by atoms with van der Waals surface area (Å²) >= 11 is 0. The second-order valence-electron chi connectivity index (χ2n) is 5.48. The van der Waals surface area contributed by atoms with E-state index in [2.05, 4.69) is 16.0 Å². The van der Waals surface area contributed by atoms with Crippen molar-refractivity contribution in [3.05, 3.63) is 24.3 Å². The summed E-state index contributed by atoms with van der Waals surface area (Å²) in [6.45, 7) is 4.84. The molecule has 0 spiro atoms. The summed E-state index contributed by atoms with van der Waals surface area (Å²) < 4.78 is 0. The zero-order valence-corrected chi connectivity index (χ0v) is 14.3. The van der Waals surface area contributed by atoms with Crippen molar-refractivity contribution in [1.29, 1.82) is 0 Å². The first kappa shape index (κ1) is 20.4. The monoisotopic (exact) mass is 327 g/mol. The van der Waals surface area contributed by atoms with Crippen LogP contribution >= 0.6 is 12.4 Å². The number of nitrogens with one attached hydrogen (secondary N) is 3. The summed E-state index contributed by atoms with van der Waals surface area (Å²) in [5.74, 6) is 0.344. The third-order valence-corrected chi connectivity index (χ3v) is 2.88. The summed E-state index contributed by atoms with van der Waals surface area (Å²) in [7, 11) is 1.87. The third kappa shape index (κ3) is 8.64. The van der Waals surface area contributed by atoms with E-state index >= 15 is 0 Å². The summed E-state index contributed by atoms with van der Waals surface area (Å²) in [5, 5.41) is 8.68. The molecule has 0 heterocycles. The maximum absolute atomic E-state index is 11.7. The molecular weight excluding hydrogens is 302 g/mol. The number of rotatable bonds is 8. The Kier molecular flexibility index (Phi) is 10.2. The number of halogens is 1. The maximum atomic E-state index is 11.7. The highest BCUT2D eigenvalue weighted by Crippen LogP contribution is 2.14. The number of anilines is 2. The lowest BCUT2D eigenvalue weighted by Crippen LogP contribution is -2.15. The Morgan fingerprint density at radius 2 is 1.50 bits per heavy atom. The van der Waals surface area contributed by atoms with Crippen molar-refractivity contribution in [2.24, 2.45) is 5.92 Å². The van der Waals surface area contributed by atoms with E-state index in [1.807, 2.05) is 20.9 Å². The minimum atomic E-state index is 0. The molecule has 22 heavy (non-hydrogen) atoms. The van der Waals surface area contributed by atoms with Crippen molar-refractivity contribution in [3.8, 4) is 0 Å². The normalized spacial score (nSPS) is 10.0. The molecule has 0 aliphatic carbocycles. The van der Waals surface area contributed by atoms with E-state index in [-0.39, 0.29) is 24.2 Å². The molecule has 3 N–H and O–H groups in total. The fraction of sp³-hybridized carbons (Fsp3) is 0.500. The zero-order chi connectivity index (χ0) is 15.7. The molecule has 0 atom stereocenters. The van der Waals surface area contributed by atoms with Crippen molar-refractivity contribution in [2.45, 2.75) is 33.1 Å². The van der Waals surface area contributed by atoms with Crippen LogP contribution in [0.5, 0.6) is 0 Å². The van der Waals surface area contributed by atoms with Gasteiger partial charge in [0.2, 0.25) is 11.8 Å². The Morgan fingerprint density at radius 3 is 1.95 bits per heavy atom. The van der Waals surface area contributed by atoms with Gasteiger partial charge in [-0.1, -0.05) is 13.8 Å².